The van der Waals surface area contributed by atoms with Crippen molar-refractivity contribution in [1.29, 1.82) is 0 Å². The van der Waals surface area contributed by atoms with Gasteiger partial charge in [-0.25, -0.2) is 0 Å². The molecule has 14 heavy (non-hydrogen) atoms. The summed E-state index contributed by atoms with van der Waals surface area (Å²) in [7, 11) is 0. The molecule has 0 aliphatic carbocycles. The SMILES string of the molecule is [CH2]CC1CNc2nc(N)nc(N)c2C1. The minimum Gasteiger partial charge on any atom is -0.383 e. The molecule has 1 unspecified atom stereocenters. The van der Waals surface area contributed by atoms with Gasteiger partial charge in [-0.1, -0.05) is 6.92 Å². The third kappa shape index (κ3) is 1.45. The molecule has 0 aromatic carbocycles. The van der Waals surface area contributed by atoms with E-state index in [1.165, 1.54) is 0 Å². The van der Waals surface area contributed by atoms with Crippen LogP contribution in [0, 0.1) is 12.8 Å². The molecule has 0 spiro atoms. The number of hydrogen-bond acceptors (Lipinski definition) is 5. The maximum Gasteiger partial charge on any atom is 0.223 e. The van der Waals surface area contributed by atoms with E-state index in [-0.39, 0.29) is 5.95 Å². The largest absolute Gasteiger partial charge is 0.383 e. The molecule has 1 aromatic rings. The highest BCUT2D eigenvalue weighted by molar-refractivity contribution is 5.59. The van der Waals surface area contributed by atoms with Crippen LogP contribution in [0.3, 0.4) is 0 Å². The van der Waals surface area contributed by atoms with Crippen molar-refractivity contribution in [1.82, 2.24) is 9.97 Å². The molecule has 2 heterocycles. The van der Waals surface area contributed by atoms with Gasteiger partial charge in [0.1, 0.15) is 11.6 Å². The van der Waals surface area contributed by atoms with Crippen LogP contribution in [0.1, 0.15) is 12.0 Å². The predicted octanol–water partition coefficient (Wildman–Crippen LogP) is 0.449. The van der Waals surface area contributed by atoms with Crippen molar-refractivity contribution in [3.8, 4) is 0 Å². The zero-order chi connectivity index (χ0) is 10.1. The normalized spacial score (nSPS) is 19.9. The minimum atomic E-state index is 0.224. The van der Waals surface area contributed by atoms with Crippen LogP contribution in [0.5, 0.6) is 0 Å². The molecule has 1 atom stereocenters. The van der Waals surface area contributed by atoms with Gasteiger partial charge >= 0.3 is 0 Å². The maximum absolute atomic E-state index is 5.77. The molecule has 5 heteroatoms. The highest BCUT2D eigenvalue weighted by Gasteiger charge is 2.21. The summed E-state index contributed by atoms with van der Waals surface area (Å²) < 4.78 is 0. The molecule has 0 amide bonds. The molecule has 0 saturated carbocycles. The molecule has 5 N–H and O–H groups in total. The third-order valence-corrected chi connectivity index (χ3v) is 2.52. The summed E-state index contributed by atoms with van der Waals surface area (Å²) in [6, 6.07) is 0. The second-order valence-electron chi connectivity index (χ2n) is 3.53. The molecule has 0 saturated heterocycles. The second-order valence-corrected chi connectivity index (χ2v) is 3.53. The Kier molecular flexibility index (Phi) is 2.15. The van der Waals surface area contributed by atoms with Crippen molar-refractivity contribution in [2.45, 2.75) is 12.8 Å². The van der Waals surface area contributed by atoms with Gasteiger partial charge in [-0.05, 0) is 18.8 Å². The number of nitrogens with zero attached hydrogens (tertiary/aromatic N) is 2. The smallest absolute Gasteiger partial charge is 0.223 e. The summed E-state index contributed by atoms with van der Waals surface area (Å²) in [6.45, 7) is 4.76. The van der Waals surface area contributed by atoms with Crippen LogP contribution < -0.4 is 16.8 Å². The Balaban J connectivity index is 2.37. The van der Waals surface area contributed by atoms with E-state index >= 15 is 0 Å². The van der Waals surface area contributed by atoms with Gasteiger partial charge in [0.25, 0.3) is 0 Å². The zero-order valence-electron chi connectivity index (χ0n) is 7.95. The van der Waals surface area contributed by atoms with Gasteiger partial charge in [-0.2, -0.15) is 9.97 Å². The quantitative estimate of drug-likeness (QED) is 0.601. The molecule has 1 aliphatic heterocycles. The highest BCUT2D eigenvalue weighted by atomic mass is 15.1. The van der Waals surface area contributed by atoms with Crippen LogP contribution >= 0.6 is 0 Å². The Morgan fingerprint density at radius 3 is 2.93 bits per heavy atom. The van der Waals surface area contributed by atoms with E-state index < -0.39 is 0 Å². The van der Waals surface area contributed by atoms with Gasteiger partial charge in [0.2, 0.25) is 5.95 Å². The monoisotopic (exact) mass is 192 g/mol. The Labute approximate surface area is 82.9 Å². The van der Waals surface area contributed by atoms with Gasteiger partial charge in [-0.15, -0.1) is 0 Å². The number of nitrogens with one attached hydrogen (secondary N) is 1. The molecule has 1 radical (unpaired) electrons. The number of rotatable bonds is 1. The fourth-order valence-corrected chi connectivity index (χ4v) is 1.67. The number of hydrogen-bond donors (Lipinski definition) is 3. The van der Waals surface area contributed by atoms with Crippen LogP contribution in [-0.4, -0.2) is 16.5 Å². The Morgan fingerprint density at radius 1 is 1.43 bits per heavy atom. The molecule has 2 rings (SSSR count). The summed E-state index contributed by atoms with van der Waals surface area (Å²) in [6.07, 6.45) is 1.77. The van der Waals surface area contributed by atoms with Gasteiger partial charge in [0, 0.05) is 12.1 Å². The summed E-state index contributed by atoms with van der Waals surface area (Å²) >= 11 is 0. The Bertz CT molecular complexity index is 349. The van der Waals surface area contributed by atoms with E-state index in [0.717, 1.165) is 30.8 Å². The number of anilines is 3. The molecule has 0 bridgehead atoms. The van der Waals surface area contributed by atoms with Gasteiger partial charge < -0.3 is 16.8 Å². The van der Waals surface area contributed by atoms with Crippen LogP contribution in [0.4, 0.5) is 17.6 Å². The van der Waals surface area contributed by atoms with Crippen molar-refractivity contribution in [3.05, 3.63) is 12.5 Å². The van der Waals surface area contributed by atoms with Gasteiger partial charge in [0.05, 0.1) is 0 Å². The molecule has 1 aliphatic rings. The van der Waals surface area contributed by atoms with Crippen molar-refractivity contribution < 1.29 is 0 Å². The van der Waals surface area contributed by atoms with Crippen LogP contribution in [-0.2, 0) is 6.42 Å². The predicted molar refractivity (Wildman–Crippen MR) is 56.5 cm³/mol. The van der Waals surface area contributed by atoms with E-state index in [2.05, 4.69) is 22.2 Å². The van der Waals surface area contributed by atoms with Crippen LogP contribution in [0.15, 0.2) is 0 Å². The molecule has 1 aromatic heterocycles. The maximum atomic E-state index is 5.77. The summed E-state index contributed by atoms with van der Waals surface area (Å²) in [4.78, 5) is 8.04. The second kappa shape index (κ2) is 3.32. The van der Waals surface area contributed by atoms with Crippen molar-refractivity contribution in [2.75, 3.05) is 23.3 Å². The van der Waals surface area contributed by atoms with E-state index in [1.54, 1.807) is 0 Å². The van der Waals surface area contributed by atoms with E-state index in [1.807, 2.05) is 0 Å². The third-order valence-electron chi connectivity index (χ3n) is 2.52. The van der Waals surface area contributed by atoms with E-state index in [4.69, 9.17) is 11.5 Å². The number of nitrogen functional groups attached to an aromatic ring is 2. The topological polar surface area (TPSA) is 89.8 Å². The molecular formula is C9H14N5. The zero-order valence-corrected chi connectivity index (χ0v) is 7.95. The first-order valence-corrected chi connectivity index (χ1v) is 4.65. The first-order valence-electron chi connectivity index (χ1n) is 4.65. The van der Waals surface area contributed by atoms with E-state index in [9.17, 15) is 0 Å². The summed E-state index contributed by atoms with van der Waals surface area (Å²) in [5.74, 6) is 2.00. The van der Waals surface area contributed by atoms with Crippen LogP contribution in [0.2, 0.25) is 0 Å². The average molecular weight is 192 g/mol. The van der Waals surface area contributed by atoms with Crippen LogP contribution in [0.25, 0.3) is 0 Å². The lowest BCUT2D eigenvalue weighted by Gasteiger charge is -2.24. The first kappa shape index (κ1) is 9.05. The summed E-state index contributed by atoms with van der Waals surface area (Å²) in [5.41, 5.74) is 12.2. The fourth-order valence-electron chi connectivity index (χ4n) is 1.67. The molecule has 5 nitrogen and oxygen atoms in total. The van der Waals surface area contributed by atoms with E-state index in [0.29, 0.717) is 11.7 Å². The number of aromatic nitrogens is 2. The Hall–Kier alpha value is -1.52. The lowest BCUT2D eigenvalue weighted by atomic mass is 9.94. The standard InChI is InChI=1S/C9H14N5/c1-2-5-3-6-7(10)13-9(11)14-8(6)12-4-5/h5H,1-4H2,(H5,10,11,12,13,14). The summed E-state index contributed by atoms with van der Waals surface area (Å²) in [5, 5.41) is 3.19. The molecule has 0 fully saturated rings. The highest BCUT2D eigenvalue weighted by Crippen LogP contribution is 2.28. The number of nitrogens with two attached hydrogens (primary N) is 2. The molecular weight excluding hydrogens is 178 g/mol. The lowest BCUT2D eigenvalue weighted by Crippen LogP contribution is -2.25. The molecule has 75 valence electrons. The van der Waals surface area contributed by atoms with Crippen molar-refractivity contribution in [3.63, 3.8) is 0 Å². The first-order chi connectivity index (χ1) is 6.70. The Morgan fingerprint density at radius 2 is 2.21 bits per heavy atom. The van der Waals surface area contributed by atoms with Gasteiger partial charge in [0.15, 0.2) is 0 Å². The van der Waals surface area contributed by atoms with Crippen molar-refractivity contribution in [2.24, 2.45) is 5.92 Å². The number of fused-ring (bicyclic) bond motifs is 1. The minimum absolute atomic E-state index is 0.224. The van der Waals surface area contributed by atoms with Gasteiger partial charge in [-0.3, -0.25) is 0 Å². The fraction of sp³-hybridized carbons (Fsp3) is 0.444. The lowest BCUT2D eigenvalue weighted by molar-refractivity contribution is 0.541. The average Bonchev–Trinajstić information content (AvgIpc) is 2.17. The van der Waals surface area contributed by atoms with Crippen molar-refractivity contribution >= 4 is 17.6 Å².